The van der Waals surface area contributed by atoms with E-state index < -0.39 is 0 Å². The molecule has 0 aromatic heterocycles. The molecule has 0 unspecified atom stereocenters. The van der Waals surface area contributed by atoms with Crippen LogP contribution in [-0.4, -0.2) is 21.1 Å². The van der Waals surface area contributed by atoms with Crippen molar-refractivity contribution in [1.82, 2.24) is 0 Å². The van der Waals surface area contributed by atoms with E-state index in [0.29, 0.717) is 0 Å². The highest BCUT2D eigenvalue weighted by atomic mass is 127. The van der Waals surface area contributed by atoms with Crippen LogP contribution >= 0.6 is 0 Å². The van der Waals surface area contributed by atoms with Gasteiger partial charge in [-0.05, 0) is 24.3 Å². The third kappa shape index (κ3) is 2.83. The molecule has 0 amide bonds. The Bertz CT molecular complexity index is 629. The number of benzene rings is 2. The monoisotopic (exact) mass is 399 g/mol. The molecule has 2 N–H and O–H groups in total. The van der Waals surface area contributed by atoms with Crippen LogP contribution < -0.4 is 39.5 Å². The Morgan fingerprint density at radius 3 is 2.30 bits per heavy atom. The van der Waals surface area contributed by atoms with Crippen LogP contribution in [-0.2, 0) is 11.8 Å². The number of thiol groups is 1. The molecule has 0 radical (unpaired) electrons. The standard InChI is InChI=1S/C15H17N3S.HI/c1-16-10-4-6-12-14(8-10)19-15-9-11(18(2)3)5-7-13(15)17-12;/h4-9,16-17H,1-3H3;1H. The molecule has 1 heterocycles. The van der Waals surface area contributed by atoms with E-state index in [0.717, 1.165) is 5.69 Å². The molecule has 0 bridgehead atoms. The summed E-state index contributed by atoms with van der Waals surface area (Å²) in [7, 11) is 6.09. The Morgan fingerprint density at radius 1 is 1.00 bits per heavy atom. The quantitative estimate of drug-likeness (QED) is 0.364. The van der Waals surface area contributed by atoms with E-state index in [-0.39, 0.29) is 24.0 Å². The van der Waals surface area contributed by atoms with Gasteiger partial charge in [0, 0.05) is 44.7 Å². The second-order valence-corrected chi connectivity index (χ2v) is 6.00. The third-order valence-corrected chi connectivity index (χ3v) is 4.52. The Hall–Kier alpha value is -1.08. The summed E-state index contributed by atoms with van der Waals surface area (Å²) in [6.07, 6.45) is 0. The SMILES string of the molecule is CNc1ccc2c(c1)[SH+]c1cc(N(C)C)ccc1N2.[I-]. The summed E-state index contributed by atoms with van der Waals surface area (Å²) in [6, 6.07) is 13.0. The largest absolute Gasteiger partial charge is 1.00 e. The normalized spacial score (nSPS) is 11.6. The molecule has 2 aromatic carbocycles. The number of nitrogens with zero attached hydrogens (tertiary/aromatic N) is 1. The van der Waals surface area contributed by atoms with Crippen molar-refractivity contribution in [3.63, 3.8) is 0 Å². The zero-order valence-electron chi connectivity index (χ0n) is 11.7. The smallest absolute Gasteiger partial charge is 0.183 e. The Balaban J connectivity index is 0.00000147. The highest BCUT2D eigenvalue weighted by Gasteiger charge is 2.24. The van der Waals surface area contributed by atoms with Gasteiger partial charge >= 0.3 is 0 Å². The molecule has 0 atom stereocenters. The van der Waals surface area contributed by atoms with Crippen LogP contribution in [0.4, 0.5) is 22.7 Å². The predicted molar refractivity (Wildman–Crippen MR) is 85.3 cm³/mol. The minimum Gasteiger partial charge on any atom is -1.00 e. The molecule has 0 saturated heterocycles. The van der Waals surface area contributed by atoms with E-state index in [1.165, 1.54) is 38.6 Å². The molecule has 1 aliphatic heterocycles. The zero-order chi connectivity index (χ0) is 13.4. The van der Waals surface area contributed by atoms with E-state index in [1.807, 2.05) is 7.05 Å². The highest BCUT2D eigenvalue weighted by molar-refractivity contribution is 7.79. The van der Waals surface area contributed by atoms with Gasteiger partial charge in [-0.25, -0.2) is 0 Å². The molecule has 2 aromatic rings. The first-order valence-corrected chi connectivity index (χ1v) is 7.19. The molecule has 0 aliphatic carbocycles. The van der Waals surface area contributed by atoms with Gasteiger partial charge in [-0.1, -0.05) is 0 Å². The van der Waals surface area contributed by atoms with Crippen LogP contribution in [0.1, 0.15) is 0 Å². The van der Waals surface area contributed by atoms with Crippen LogP contribution in [0.25, 0.3) is 0 Å². The highest BCUT2D eigenvalue weighted by Crippen LogP contribution is 2.37. The Kier molecular flexibility index (Phi) is 4.70. The fourth-order valence-corrected chi connectivity index (χ4v) is 3.32. The van der Waals surface area contributed by atoms with Crippen molar-refractivity contribution in [2.45, 2.75) is 9.79 Å². The van der Waals surface area contributed by atoms with Crippen molar-refractivity contribution < 1.29 is 24.0 Å². The van der Waals surface area contributed by atoms with Gasteiger partial charge in [-0.15, -0.1) is 0 Å². The number of halogens is 1. The minimum atomic E-state index is 0. The van der Waals surface area contributed by atoms with Gasteiger partial charge in [-0.2, -0.15) is 0 Å². The van der Waals surface area contributed by atoms with Gasteiger partial charge < -0.3 is 39.5 Å². The van der Waals surface area contributed by atoms with E-state index in [2.05, 4.69) is 66.0 Å². The maximum Gasteiger partial charge on any atom is 0.183 e. The number of fused-ring (bicyclic) bond motifs is 2. The summed E-state index contributed by atoms with van der Waals surface area (Å²) in [5.74, 6) is 0. The Morgan fingerprint density at radius 2 is 1.65 bits per heavy atom. The first-order valence-electron chi connectivity index (χ1n) is 6.29. The van der Waals surface area contributed by atoms with E-state index in [9.17, 15) is 0 Å². The lowest BCUT2D eigenvalue weighted by molar-refractivity contribution is -0.00000380. The molecule has 0 saturated carbocycles. The zero-order valence-corrected chi connectivity index (χ0v) is 14.8. The summed E-state index contributed by atoms with van der Waals surface area (Å²) in [6.45, 7) is 0. The van der Waals surface area contributed by atoms with Crippen molar-refractivity contribution in [3.8, 4) is 0 Å². The molecule has 1 aliphatic rings. The van der Waals surface area contributed by atoms with Crippen LogP contribution in [0.15, 0.2) is 46.2 Å². The molecular formula is C15H18IN3S. The van der Waals surface area contributed by atoms with Gasteiger partial charge in [0.1, 0.15) is 0 Å². The number of anilines is 4. The van der Waals surface area contributed by atoms with E-state index in [1.54, 1.807) is 0 Å². The van der Waals surface area contributed by atoms with Gasteiger partial charge in [0.05, 0.1) is 23.1 Å². The molecule has 0 fully saturated rings. The minimum absolute atomic E-state index is 0. The maximum atomic E-state index is 3.50. The van der Waals surface area contributed by atoms with Gasteiger partial charge in [0.2, 0.25) is 0 Å². The summed E-state index contributed by atoms with van der Waals surface area (Å²) >= 11 is 1.26. The third-order valence-electron chi connectivity index (χ3n) is 3.29. The van der Waals surface area contributed by atoms with Crippen molar-refractivity contribution in [2.24, 2.45) is 0 Å². The van der Waals surface area contributed by atoms with E-state index >= 15 is 0 Å². The second kappa shape index (κ2) is 6.13. The van der Waals surface area contributed by atoms with E-state index in [4.69, 9.17) is 0 Å². The summed E-state index contributed by atoms with van der Waals surface area (Å²) in [4.78, 5) is 4.78. The summed E-state index contributed by atoms with van der Waals surface area (Å²) in [5.41, 5.74) is 4.80. The average molecular weight is 399 g/mol. The van der Waals surface area contributed by atoms with Gasteiger partial charge in [0.15, 0.2) is 9.79 Å². The van der Waals surface area contributed by atoms with Gasteiger partial charge in [0.25, 0.3) is 0 Å². The van der Waals surface area contributed by atoms with Crippen LogP contribution in [0.2, 0.25) is 0 Å². The average Bonchev–Trinajstić information content (AvgIpc) is 2.43. The Labute approximate surface area is 141 Å². The molecule has 3 rings (SSSR count). The number of hydrogen-bond donors (Lipinski definition) is 2. The topological polar surface area (TPSA) is 27.3 Å². The fourth-order valence-electron chi connectivity index (χ4n) is 2.16. The predicted octanol–water partition coefficient (Wildman–Crippen LogP) is 0.0882. The first kappa shape index (κ1) is 15.3. The first-order chi connectivity index (χ1) is 9.17. The molecular weight excluding hydrogens is 381 g/mol. The van der Waals surface area contributed by atoms with Gasteiger partial charge in [-0.3, -0.25) is 0 Å². The number of hydrogen-bond acceptors (Lipinski definition) is 3. The second-order valence-electron chi connectivity index (χ2n) is 4.81. The lowest BCUT2D eigenvalue weighted by atomic mass is 10.2. The lowest BCUT2D eigenvalue weighted by Crippen LogP contribution is -3.00. The number of nitrogens with one attached hydrogen (secondary N) is 2. The number of rotatable bonds is 2. The fraction of sp³-hybridized carbons (Fsp3) is 0.200. The maximum absolute atomic E-state index is 3.50. The van der Waals surface area contributed by atoms with Crippen molar-refractivity contribution in [1.29, 1.82) is 0 Å². The van der Waals surface area contributed by atoms with Crippen LogP contribution in [0, 0.1) is 0 Å². The van der Waals surface area contributed by atoms with Crippen molar-refractivity contribution >= 4 is 34.5 Å². The van der Waals surface area contributed by atoms with Crippen LogP contribution in [0.3, 0.4) is 0 Å². The molecule has 106 valence electrons. The molecule has 20 heavy (non-hydrogen) atoms. The summed E-state index contributed by atoms with van der Waals surface area (Å²) in [5, 5.41) is 6.69. The summed E-state index contributed by atoms with van der Waals surface area (Å²) < 4.78 is 0. The van der Waals surface area contributed by atoms with Crippen molar-refractivity contribution in [3.05, 3.63) is 36.4 Å². The molecule has 3 nitrogen and oxygen atoms in total. The lowest BCUT2D eigenvalue weighted by Gasteiger charge is -2.18. The molecule has 0 spiro atoms. The molecule has 5 heteroatoms. The van der Waals surface area contributed by atoms with Crippen LogP contribution in [0.5, 0.6) is 0 Å². The van der Waals surface area contributed by atoms with Crippen molar-refractivity contribution in [2.75, 3.05) is 36.7 Å².